The molecule has 0 aliphatic carbocycles. The lowest BCUT2D eigenvalue weighted by molar-refractivity contribution is -0.290. The molecule has 0 aromatic heterocycles. The van der Waals surface area contributed by atoms with Crippen molar-refractivity contribution >= 4 is 0 Å². The zero-order chi connectivity index (χ0) is 24.3. The van der Waals surface area contributed by atoms with E-state index in [2.05, 4.69) is 6.58 Å². The maximum absolute atomic E-state index is 10.9. The number of aliphatic hydroxyl groups excluding tert-OH is 1. The van der Waals surface area contributed by atoms with Gasteiger partial charge in [0.25, 0.3) is 0 Å². The zero-order valence-corrected chi connectivity index (χ0v) is 19.9. The molecule has 2 aromatic carbocycles. The van der Waals surface area contributed by atoms with Gasteiger partial charge in [0.1, 0.15) is 53.5 Å². The molecule has 8 nitrogen and oxygen atoms in total. The van der Waals surface area contributed by atoms with Crippen molar-refractivity contribution < 1.29 is 38.6 Å². The molecule has 5 aliphatic rings. The molecule has 184 valence electrons. The zero-order valence-electron chi connectivity index (χ0n) is 19.9. The molecule has 0 radical (unpaired) electrons. The van der Waals surface area contributed by atoms with Gasteiger partial charge < -0.3 is 38.6 Å². The Balaban J connectivity index is 1.44. The van der Waals surface area contributed by atoms with Gasteiger partial charge in [-0.15, -0.1) is 0 Å². The summed E-state index contributed by atoms with van der Waals surface area (Å²) < 4.78 is 36.5. The highest BCUT2D eigenvalue weighted by atomic mass is 16.8. The van der Waals surface area contributed by atoms with Crippen molar-refractivity contribution in [1.29, 1.82) is 0 Å². The number of aryl methyl sites for hydroxylation is 1. The normalized spacial score (nSPS) is 37.5. The Morgan fingerprint density at radius 1 is 1.17 bits per heavy atom. The van der Waals surface area contributed by atoms with Crippen LogP contribution in [0.5, 0.6) is 23.0 Å². The summed E-state index contributed by atoms with van der Waals surface area (Å²) in [6, 6.07) is 7.81. The maximum atomic E-state index is 10.9. The summed E-state index contributed by atoms with van der Waals surface area (Å²) in [6.07, 6.45) is -1.58. The lowest BCUT2D eigenvalue weighted by Crippen LogP contribution is -2.58. The number of benzene rings is 2. The van der Waals surface area contributed by atoms with Crippen molar-refractivity contribution in [3.05, 3.63) is 58.7 Å². The fourth-order valence-corrected chi connectivity index (χ4v) is 6.32. The van der Waals surface area contributed by atoms with Crippen molar-refractivity contribution in [3.63, 3.8) is 0 Å². The van der Waals surface area contributed by atoms with E-state index < -0.39 is 29.9 Å². The first-order chi connectivity index (χ1) is 16.7. The van der Waals surface area contributed by atoms with Crippen molar-refractivity contribution in [1.82, 2.24) is 0 Å². The van der Waals surface area contributed by atoms with E-state index in [1.165, 1.54) is 0 Å². The molecule has 35 heavy (non-hydrogen) atoms. The van der Waals surface area contributed by atoms with E-state index in [0.29, 0.717) is 25.2 Å². The first-order valence-corrected chi connectivity index (χ1v) is 12.0. The molecule has 2 aromatic rings. The van der Waals surface area contributed by atoms with Gasteiger partial charge in [0.15, 0.2) is 0 Å². The van der Waals surface area contributed by atoms with Gasteiger partial charge in [0.2, 0.25) is 12.1 Å². The quantitative estimate of drug-likeness (QED) is 0.500. The van der Waals surface area contributed by atoms with Gasteiger partial charge in [-0.2, -0.15) is 0 Å². The van der Waals surface area contributed by atoms with Gasteiger partial charge in [0.05, 0.1) is 13.0 Å². The predicted octanol–water partition coefficient (Wildman–Crippen LogP) is 2.84. The third kappa shape index (κ3) is 2.76. The third-order valence-corrected chi connectivity index (χ3v) is 8.19. The number of hydrogen-bond donors (Lipinski definition) is 2. The second-order valence-electron chi connectivity index (χ2n) is 10.3. The summed E-state index contributed by atoms with van der Waals surface area (Å²) in [5.41, 5.74) is 3.53. The fourth-order valence-electron chi connectivity index (χ4n) is 6.32. The first-order valence-electron chi connectivity index (χ1n) is 12.0. The summed E-state index contributed by atoms with van der Waals surface area (Å²) in [5.74, 6) is 0.916. The number of fused-ring (bicyclic) bond motifs is 9. The number of rotatable bonds is 2. The van der Waals surface area contributed by atoms with Crippen molar-refractivity contribution in [2.75, 3.05) is 13.7 Å². The average molecular weight is 481 g/mol. The second-order valence-corrected chi connectivity index (χ2v) is 10.3. The molecule has 7 rings (SSSR count). The highest BCUT2D eigenvalue weighted by Crippen LogP contribution is 2.64. The van der Waals surface area contributed by atoms with Crippen LogP contribution in [0, 0.1) is 6.92 Å². The first kappa shape index (κ1) is 21.5. The highest BCUT2D eigenvalue weighted by molar-refractivity contribution is 5.60. The van der Waals surface area contributed by atoms with E-state index >= 15 is 0 Å². The topological polar surface area (TPSA) is 99.1 Å². The lowest BCUT2D eigenvalue weighted by Gasteiger charge is -2.52. The van der Waals surface area contributed by atoms with Crippen LogP contribution in [-0.4, -0.2) is 54.3 Å². The van der Waals surface area contributed by atoms with E-state index in [1.54, 1.807) is 7.11 Å². The summed E-state index contributed by atoms with van der Waals surface area (Å²) in [7, 11) is 1.64. The molecule has 7 atom stereocenters. The number of hydrogen-bond acceptors (Lipinski definition) is 8. The van der Waals surface area contributed by atoms with Crippen LogP contribution < -0.4 is 18.9 Å². The summed E-state index contributed by atoms with van der Waals surface area (Å²) in [4.78, 5) is 0. The van der Waals surface area contributed by atoms with Gasteiger partial charge in [-0.1, -0.05) is 6.58 Å². The van der Waals surface area contributed by atoms with Crippen molar-refractivity contribution in [2.24, 2.45) is 0 Å². The SMILES string of the molecule is C=C(C)[C@H]1Cc2c(ccc3c2O[C@@H]2COc4cc(C)c(OC)cc4[C@@H]2[C@]32CC3O[C@]3(O)[C@@H](O)O2)O1. The van der Waals surface area contributed by atoms with Crippen LogP contribution in [-0.2, 0) is 21.5 Å². The molecule has 2 fully saturated rings. The Hall–Kier alpha value is -2.78. The molecular weight excluding hydrogens is 452 g/mol. The summed E-state index contributed by atoms with van der Waals surface area (Å²) in [5, 5.41) is 21.5. The number of epoxide rings is 1. The number of methoxy groups -OCH3 is 1. The van der Waals surface area contributed by atoms with Crippen LogP contribution in [0.1, 0.15) is 41.5 Å². The van der Waals surface area contributed by atoms with Gasteiger partial charge >= 0.3 is 0 Å². The smallest absolute Gasteiger partial charge is 0.245 e. The van der Waals surface area contributed by atoms with Crippen LogP contribution in [0.3, 0.4) is 0 Å². The largest absolute Gasteiger partial charge is 0.496 e. The minimum absolute atomic E-state index is 0.126. The number of ether oxygens (including phenoxy) is 6. The molecule has 0 amide bonds. The Kier molecular flexibility index (Phi) is 4.25. The van der Waals surface area contributed by atoms with Gasteiger partial charge in [-0.3, -0.25) is 0 Å². The van der Waals surface area contributed by atoms with Crippen LogP contribution in [0.15, 0.2) is 36.4 Å². The molecule has 1 spiro atoms. The van der Waals surface area contributed by atoms with E-state index in [0.717, 1.165) is 45.1 Å². The standard InChI is InChI=1S/C27H28O8/c1-12(2)18-9-15-17(32-18)6-5-16-24(15)33-21-11-31-20-7-13(3)19(30-4)8-14(20)23(21)26(16)10-22-27(29,34-22)25(28)35-26/h5-8,18,21-23,25,28-29H,1,9-11H2,2-4H3/t18-,21-,22?,23+,25+,26+,27+/m1/s1. The van der Waals surface area contributed by atoms with Crippen LogP contribution in [0.4, 0.5) is 0 Å². The Morgan fingerprint density at radius 3 is 2.74 bits per heavy atom. The van der Waals surface area contributed by atoms with E-state index in [-0.39, 0.29) is 12.0 Å². The van der Waals surface area contributed by atoms with Gasteiger partial charge in [-0.25, -0.2) is 0 Å². The Bertz CT molecular complexity index is 1270. The minimum atomic E-state index is -1.68. The van der Waals surface area contributed by atoms with E-state index in [4.69, 9.17) is 28.4 Å². The molecule has 2 N–H and O–H groups in total. The molecule has 1 unspecified atom stereocenters. The van der Waals surface area contributed by atoms with Crippen molar-refractivity contribution in [2.45, 2.75) is 68.6 Å². The average Bonchev–Trinajstić information content (AvgIpc) is 3.30. The highest BCUT2D eigenvalue weighted by Gasteiger charge is 2.72. The Morgan fingerprint density at radius 2 is 2.00 bits per heavy atom. The molecule has 2 saturated heterocycles. The molecule has 5 aliphatic heterocycles. The predicted molar refractivity (Wildman–Crippen MR) is 123 cm³/mol. The number of aliphatic hydroxyl groups is 2. The fraction of sp³-hybridized carbons (Fsp3) is 0.481. The maximum Gasteiger partial charge on any atom is 0.245 e. The molecule has 8 heteroatoms. The molecule has 5 heterocycles. The third-order valence-electron chi connectivity index (χ3n) is 8.19. The van der Waals surface area contributed by atoms with E-state index in [1.807, 2.05) is 38.1 Å². The van der Waals surface area contributed by atoms with E-state index in [9.17, 15) is 10.2 Å². The van der Waals surface area contributed by atoms with Crippen LogP contribution in [0.2, 0.25) is 0 Å². The molecule has 0 saturated carbocycles. The second kappa shape index (κ2) is 6.91. The Labute approximate surface area is 203 Å². The van der Waals surface area contributed by atoms with Crippen molar-refractivity contribution in [3.8, 4) is 23.0 Å². The summed E-state index contributed by atoms with van der Waals surface area (Å²) in [6.45, 7) is 8.30. The summed E-state index contributed by atoms with van der Waals surface area (Å²) >= 11 is 0. The van der Waals surface area contributed by atoms with Gasteiger partial charge in [-0.05, 0) is 49.2 Å². The van der Waals surface area contributed by atoms with Crippen LogP contribution >= 0.6 is 0 Å². The van der Waals surface area contributed by atoms with Crippen LogP contribution in [0.25, 0.3) is 0 Å². The lowest BCUT2D eigenvalue weighted by atomic mass is 9.67. The minimum Gasteiger partial charge on any atom is -0.496 e. The molecule has 0 bridgehead atoms. The molecular formula is C27H28O8. The van der Waals surface area contributed by atoms with Gasteiger partial charge in [0, 0.05) is 29.5 Å². The monoisotopic (exact) mass is 480 g/mol.